The molecule has 0 aliphatic rings. The van der Waals surface area contributed by atoms with E-state index in [-0.39, 0.29) is 18.3 Å². The van der Waals surface area contributed by atoms with Crippen molar-refractivity contribution in [2.75, 3.05) is 25.6 Å². The molecule has 0 N–H and O–H groups in total. The van der Waals surface area contributed by atoms with Crippen molar-refractivity contribution in [3.05, 3.63) is 17.0 Å². The molecule has 0 unspecified atom stereocenters. The topological polar surface area (TPSA) is 38.2 Å². The molecule has 0 atom stereocenters. The quantitative estimate of drug-likeness (QED) is 0.779. The first-order valence-electron chi connectivity index (χ1n) is 5.12. The number of hydrogen-bond donors (Lipinski definition) is 0. The monoisotopic (exact) mass is 283 g/mol. The van der Waals surface area contributed by atoms with Gasteiger partial charge >= 0.3 is 6.18 Å². The number of anilines is 1. The van der Waals surface area contributed by atoms with Gasteiger partial charge in [0.1, 0.15) is 17.6 Å². The molecule has 0 aromatic carbocycles. The van der Waals surface area contributed by atoms with Gasteiger partial charge in [0.15, 0.2) is 5.82 Å². The minimum absolute atomic E-state index is 0.153. The average Bonchev–Trinajstić information content (AvgIpc) is 2.24. The van der Waals surface area contributed by atoms with Gasteiger partial charge in [0.25, 0.3) is 0 Å². The smallest absolute Gasteiger partial charge is 0.377 e. The maximum Gasteiger partial charge on any atom is 0.390 e. The number of rotatable bonds is 5. The molecule has 0 aliphatic heterocycles. The summed E-state index contributed by atoms with van der Waals surface area (Å²) in [6.45, 7) is -0.0378. The first kappa shape index (κ1) is 15.0. The summed E-state index contributed by atoms with van der Waals surface area (Å²) in [6, 6.07) is 1.41. The van der Waals surface area contributed by atoms with Gasteiger partial charge in [-0.1, -0.05) is 11.6 Å². The van der Waals surface area contributed by atoms with Gasteiger partial charge in [-0.25, -0.2) is 9.97 Å². The van der Waals surface area contributed by atoms with Crippen molar-refractivity contribution >= 4 is 17.4 Å². The van der Waals surface area contributed by atoms with E-state index in [2.05, 4.69) is 9.97 Å². The van der Waals surface area contributed by atoms with E-state index in [4.69, 9.17) is 16.3 Å². The normalized spacial score (nSPS) is 11.7. The van der Waals surface area contributed by atoms with Gasteiger partial charge in [-0.2, -0.15) is 13.2 Å². The van der Waals surface area contributed by atoms with Gasteiger partial charge in [0.2, 0.25) is 0 Å². The summed E-state index contributed by atoms with van der Waals surface area (Å²) in [5.41, 5.74) is 0. The van der Waals surface area contributed by atoms with Crippen LogP contribution < -0.4 is 4.90 Å². The van der Waals surface area contributed by atoms with E-state index < -0.39 is 12.6 Å². The fraction of sp³-hybridized carbons (Fsp3) is 0.600. The molecule has 102 valence electrons. The molecule has 1 aromatic heterocycles. The third-order valence-electron chi connectivity index (χ3n) is 2.12. The summed E-state index contributed by atoms with van der Waals surface area (Å²) in [5, 5.41) is 0.172. The van der Waals surface area contributed by atoms with Crippen LogP contribution in [0.15, 0.2) is 6.07 Å². The third kappa shape index (κ3) is 5.05. The van der Waals surface area contributed by atoms with Crippen LogP contribution in [0.25, 0.3) is 0 Å². The minimum atomic E-state index is -4.19. The summed E-state index contributed by atoms with van der Waals surface area (Å²) >= 11 is 5.76. The number of halogens is 4. The first-order chi connectivity index (χ1) is 8.31. The molecule has 18 heavy (non-hydrogen) atoms. The number of aromatic nitrogens is 2. The van der Waals surface area contributed by atoms with Crippen LogP contribution in [0.2, 0.25) is 5.15 Å². The van der Waals surface area contributed by atoms with E-state index in [9.17, 15) is 13.2 Å². The van der Waals surface area contributed by atoms with Crippen molar-refractivity contribution in [2.24, 2.45) is 0 Å². The van der Waals surface area contributed by atoms with Gasteiger partial charge in [-0.05, 0) is 0 Å². The summed E-state index contributed by atoms with van der Waals surface area (Å²) in [4.78, 5) is 9.33. The lowest BCUT2D eigenvalue weighted by molar-refractivity contribution is -0.132. The Bertz CT molecular complexity index is 400. The third-order valence-corrected chi connectivity index (χ3v) is 2.32. The van der Waals surface area contributed by atoms with Crippen molar-refractivity contribution in [1.29, 1.82) is 0 Å². The molecule has 4 nitrogen and oxygen atoms in total. The van der Waals surface area contributed by atoms with Crippen LogP contribution in [0.1, 0.15) is 12.2 Å². The Hall–Kier alpha value is -1.08. The zero-order chi connectivity index (χ0) is 13.8. The predicted octanol–water partition coefficient (Wildman–Crippen LogP) is 2.67. The molecule has 1 rings (SSSR count). The van der Waals surface area contributed by atoms with E-state index in [1.165, 1.54) is 25.1 Å². The SMILES string of the molecule is COCc1nc(Cl)cc(N(C)CCC(F)(F)F)n1. The number of methoxy groups -OCH3 is 1. The molecule has 1 aromatic rings. The second-order valence-electron chi connectivity index (χ2n) is 3.68. The van der Waals surface area contributed by atoms with Gasteiger partial charge in [-0.3, -0.25) is 0 Å². The molecule has 0 bridgehead atoms. The molecule has 0 radical (unpaired) electrons. The standard InChI is InChI=1S/C10H13ClF3N3O/c1-17(4-3-10(12,13)14)9-5-7(11)15-8(16-9)6-18-2/h5H,3-4,6H2,1-2H3. The molecule has 0 spiro atoms. The summed E-state index contributed by atoms with van der Waals surface area (Å²) < 4.78 is 41.2. The molecule has 1 heterocycles. The second kappa shape index (κ2) is 6.19. The number of hydrogen-bond acceptors (Lipinski definition) is 4. The highest BCUT2D eigenvalue weighted by atomic mass is 35.5. The molecule has 0 saturated heterocycles. The highest BCUT2D eigenvalue weighted by molar-refractivity contribution is 6.29. The fourth-order valence-corrected chi connectivity index (χ4v) is 1.44. The van der Waals surface area contributed by atoms with Crippen molar-refractivity contribution in [3.8, 4) is 0 Å². The Morgan fingerprint density at radius 2 is 2.06 bits per heavy atom. The van der Waals surface area contributed by atoms with Gasteiger partial charge in [0, 0.05) is 26.8 Å². The Kier molecular flexibility index (Phi) is 5.15. The molecular formula is C10H13ClF3N3O. The summed E-state index contributed by atoms with van der Waals surface area (Å²) in [7, 11) is 2.98. The molecule has 0 amide bonds. The number of ether oxygens (including phenoxy) is 1. The second-order valence-corrected chi connectivity index (χ2v) is 4.07. The minimum Gasteiger partial charge on any atom is -0.377 e. The molecule has 0 aliphatic carbocycles. The van der Waals surface area contributed by atoms with Crippen LogP contribution in [0.5, 0.6) is 0 Å². The van der Waals surface area contributed by atoms with Crippen LogP contribution in [0, 0.1) is 0 Å². The van der Waals surface area contributed by atoms with Crippen molar-refractivity contribution in [2.45, 2.75) is 19.2 Å². The maximum atomic E-state index is 12.1. The predicted molar refractivity (Wildman–Crippen MR) is 61.7 cm³/mol. The van der Waals surface area contributed by atoms with Crippen LogP contribution in [-0.4, -0.2) is 36.8 Å². The van der Waals surface area contributed by atoms with E-state index in [0.29, 0.717) is 11.6 Å². The Labute approximate surface area is 108 Å². The van der Waals surface area contributed by atoms with Crippen molar-refractivity contribution < 1.29 is 17.9 Å². The fourth-order valence-electron chi connectivity index (χ4n) is 1.25. The number of alkyl halides is 3. The molecule has 0 saturated carbocycles. The van der Waals surface area contributed by atoms with Crippen LogP contribution in [0.4, 0.5) is 19.0 Å². The zero-order valence-electron chi connectivity index (χ0n) is 9.96. The largest absolute Gasteiger partial charge is 0.390 e. The Morgan fingerprint density at radius 3 is 2.61 bits per heavy atom. The van der Waals surface area contributed by atoms with Gasteiger partial charge in [0.05, 0.1) is 6.42 Å². The molecule has 0 fully saturated rings. The lowest BCUT2D eigenvalue weighted by Gasteiger charge is -2.19. The Morgan fingerprint density at radius 1 is 1.39 bits per heavy atom. The lowest BCUT2D eigenvalue weighted by atomic mass is 10.4. The van der Waals surface area contributed by atoms with Gasteiger partial charge in [-0.15, -0.1) is 0 Å². The number of nitrogens with zero attached hydrogens (tertiary/aromatic N) is 3. The Balaban J connectivity index is 2.75. The van der Waals surface area contributed by atoms with E-state index in [1.54, 1.807) is 0 Å². The van der Waals surface area contributed by atoms with Crippen LogP contribution in [-0.2, 0) is 11.3 Å². The molecular weight excluding hydrogens is 271 g/mol. The zero-order valence-corrected chi connectivity index (χ0v) is 10.7. The van der Waals surface area contributed by atoms with E-state index in [0.717, 1.165) is 0 Å². The highest BCUT2D eigenvalue weighted by Crippen LogP contribution is 2.22. The average molecular weight is 284 g/mol. The first-order valence-corrected chi connectivity index (χ1v) is 5.50. The van der Waals surface area contributed by atoms with Crippen molar-refractivity contribution in [3.63, 3.8) is 0 Å². The van der Waals surface area contributed by atoms with E-state index >= 15 is 0 Å². The summed E-state index contributed by atoms with van der Waals surface area (Å²) in [6.07, 6.45) is -5.11. The summed E-state index contributed by atoms with van der Waals surface area (Å²) in [5.74, 6) is 0.671. The maximum absolute atomic E-state index is 12.1. The van der Waals surface area contributed by atoms with Crippen LogP contribution in [0.3, 0.4) is 0 Å². The highest BCUT2D eigenvalue weighted by Gasteiger charge is 2.27. The van der Waals surface area contributed by atoms with Crippen LogP contribution >= 0.6 is 11.6 Å². The van der Waals surface area contributed by atoms with E-state index in [1.807, 2.05) is 0 Å². The van der Waals surface area contributed by atoms with Crippen molar-refractivity contribution in [1.82, 2.24) is 9.97 Å². The van der Waals surface area contributed by atoms with Gasteiger partial charge < -0.3 is 9.64 Å². The molecule has 8 heteroatoms. The lowest BCUT2D eigenvalue weighted by Crippen LogP contribution is -2.25.